The Balaban J connectivity index is 2.36. The maximum absolute atomic E-state index is 4.34. The Labute approximate surface area is 91.2 Å². The summed E-state index contributed by atoms with van der Waals surface area (Å²) in [5.74, 6) is 0. The lowest BCUT2D eigenvalue weighted by molar-refractivity contribution is 1.40. The van der Waals surface area contributed by atoms with Crippen LogP contribution in [-0.4, -0.2) is 9.97 Å². The molecule has 0 unspecified atom stereocenters. The van der Waals surface area contributed by atoms with Gasteiger partial charge in [0.25, 0.3) is 0 Å². The molecule has 0 saturated heterocycles. The normalized spacial score (nSPS) is 10.7. The van der Waals surface area contributed by atoms with Gasteiger partial charge in [0.2, 0.25) is 0 Å². The molecule has 2 nitrogen and oxygen atoms in total. The van der Waals surface area contributed by atoms with Crippen molar-refractivity contribution in [2.24, 2.45) is 0 Å². The van der Waals surface area contributed by atoms with Crippen LogP contribution in [0.3, 0.4) is 0 Å². The molecule has 0 fully saturated rings. The van der Waals surface area contributed by atoms with E-state index in [0.717, 1.165) is 5.52 Å². The SMILES string of the molecule is c1ccc2c(-c3cncs3)ccnc2c1. The van der Waals surface area contributed by atoms with Crippen LogP contribution in [0.1, 0.15) is 0 Å². The molecule has 15 heavy (non-hydrogen) atoms. The Morgan fingerprint density at radius 3 is 2.87 bits per heavy atom. The number of aromatic nitrogens is 2. The van der Waals surface area contributed by atoms with Crippen LogP contribution in [0, 0.1) is 0 Å². The second-order valence-corrected chi connectivity index (χ2v) is 4.13. The van der Waals surface area contributed by atoms with Crippen LogP contribution >= 0.6 is 11.3 Å². The van der Waals surface area contributed by atoms with E-state index in [1.54, 1.807) is 11.3 Å². The third kappa shape index (κ3) is 1.41. The largest absolute Gasteiger partial charge is 0.256 e. The third-order valence-electron chi connectivity index (χ3n) is 2.35. The number of rotatable bonds is 1. The summed E-state index contributed by atoms with van der Waals surface area (Å²) in [6, 6.07) is 10.2. The molecule has 2 aromatic heterocycles. The first-order valence-electron chi connectivity index (χ1n) is 4.68. The van der Waals surface area contributed by atoms with Gasteiger partial charge in [0.1, 0.15) is 0 Å². The smallest absolute Gasteiger partial charge is 0.0797 e. The second kappa shape index (κ2) is 3.44. The summed E-state index contributed by atoms with van der Waals surface area (Å²) in [6.45, 7) is 0. The average Bonchev–Trinajstić information content (AvgIpc) is 2.82. The lowest BCUT2D eigenvalue weighted by atomic mass is 10.1. The summed E-state index contributed by atoms with van der Waals surface area (Å²) < 4.78 is 0. The highest BCUT2D eigenvalue weighted by atomic mass is 32.1. The van der Waals surface area contributed by atoms with E-state index in [1.165, 1.54) is 15.8 Å². The van der Waals surface area contributed by atoms with Crippen molar-refractivity contribution in [3.05, 3.63) is 48.2 Å². The van der Waals surface area contributed by atoms with E-state index in [4.69, 9.17) is 0 Å². The Morgan fingerprint density at radius 2 is 2.00 bits per heavy atom. The molecule has 0 saturated carbocycles. The summed E-state index contributed by atoms with van der Waals surface area (Å²) in [7, 11) is 0. The highest BCUT2D eigenvalue weighted by Gasteiger charge is 2.04. The van der Waals surface area contributed by atoms with Gasteiger partial charge in [-0.05, 0) is 12.1 Å². The van der Waals surface area contributed by atoms with Gasteiger partial charge in [-0.3, -0.25) is 9.97 Å². The molecule has 0 N–H and O–H groups in total. The van der Waals surface area contributed by atoms with Crippen molar-refractivity contribution in [3.8, 4) is 10.4 Å². The molecule has 3 aromatic rings. The molecule has 3 heteroatoms. The molecule has 0 radical (unpaired) electrons. The molecule has 0 aliphatic heterocycles. The van der Waals surface area contributed by atoms with Gasteiger partial charge < -0.3 is 0 Å². The first-order chi connectivity index (χ1) is 7.45. The fourth-order valence-corrected chi connectivity index (χ4v) is 2.32. The Bertz CT molecular complexity index is 582. The van der Waals surface area contributed by atoms with Crippen molar-refractivity contribution in [1.82, 2.24) is 9.97 Å². The van der Waals surface area contributed by atoms with E-state index in [2.05, 4.69) is 16.0 Å². The van der Waals surface area contributed by atoms with Gasteiger partial charge in [0.15, 0.2) is 0 Å². The molecule has 0 spiro atoms. The van der Waals surface area contributed by atoms with Gasteiger partial charge in [-0.2, -0.15) is 0 Å². The molecule has 0 aliphatic rings. The van der Waals surface area contributed by atoms with Crippen molar-refractivity contribution in [3.63, 3.8) is 0 Å². The zero-order valence-electron chi connectivity index (χ0n) is 7.92. The van der Waals surface area contributed by atoms with E-state index in [1.807, 2.05) is 42.2 Å². The van der Waals surface area contributed by atoms with E-state index < -0.39 is 0 Å². The van der Waals surface area contributed by atoms with Crippen molar-refractivity contribution in [2.45, 2.75) is 0 Å². The standard InChI is InChI=1S/C12H8N2S/c1-2-4-11-9(3-1)10(5-6-14-11)12-7-13-8-15-12/h1-8H. The van der Waals surface area contributed by atoms with E-state index >= 15 is 0 Å². The molecule has 0 aliphatic carbocycles. The number of pyridine rings is 1. The lowest BCUT2D eigenvalue weighted by Crippen LogP contribution is -1.81. The van der Waals surface area contributed by atoms with Crippen molar-refractivity contribution >= 4 is 22.2 Å². The molecule has 0 atom stereocenters. The van der Waals surface area contributed by atoms with Gasteiger partial charge in [0, 0.05) is 23.3 Å². The highest BCUT2D eigenvalue weighted by Crippen LogP contribution is 2.29. The maximum Gasteiger partial charge on any atom is 0.0797 e. The number of benzene rings is 1. The quantitative estimate of drug-likeness (QED) is 0.618. The van der Waals surface area contributed by atoms with Crippen LogP contribution in [0.25, 0.3) is 21.3 Å². The number of para-hydroxylation sites is 1. The van der Waals surface area contributed by atoms with Gasteiger partial charge in [-0.15, -0.1) is 11.3 Å². The molecule has 1 aromatic carbocycles. The number of hydrogen-bond acceptors (Lipinski definition) is 3. The number of nitrogens with zero attached hydrogens (tertiary/aromatic N) is 2. The summed E-state index contributed by atoms with van der Waals surface area (Å²) in [5.41, 5.74) is 4.09. The summed E-state index contributed by atoms with van der Waals surface area (Å²) in [4.78, 5) is 9.63. The number of thiazole rings is 1. The molecule has 2 heterocycles. The minimum atomic E-state index is 1.03. The fourth-order valence-electron chi connectivity index (χ4n) is 1.66. The third-order valence-corrected chi connectivity index (χ3v) is 3.15. The molecule has 0 bridgehead atoms. The lowest BCUT2D eigenvalue weighted by Gasteiger charge is -2.02. The van der Waals surface area contributed by atoms with Crippen LogP contribution in [0.15, 0.2) is 48.2 Å². The van der Waals surface area contributed by atoms with Gasteiger partial charge >= 0.3 is 0 Å². The fraction of sp³-hybridized carbons (Fsp3) is 0. The Hall–Kier alpha value is -1.74. The summed E-state index contributed by atoms with van der Waals surface area (Å²) in [6.07, 6.45) is 3.74. The van der Waals surface area contributed by atoms with Gasteiger partial charge in [-0.25, -0.2) is 0 Å². The van der Waals surface area contributed by atoms with Crippen LogP contribution in [0.4, 0.5) is 0 Å². The van der Waals surface area contributed by atoms with Crippen LogP contribution in [-0.2, 0) is 0 Å². The van der Waals surface area contributed by atoms with E-state index in [9.17, 15) is 0 Å². The van der Waals surface area contributed by atoms with Crippen LogP contribution in [0.5, 0.6) is 0 Å². The first-order valence-corrected chi connectivity index (χ1v) is 5.56. The summed E-state index contributed by atoms with van der Waals surface area (Å²) >= 11 is 1.65. The topological polar surface area (TPSA) is 25.8 Å². The monoisotopic (exact) mass is 212 g/mol. The number of hydrogen-bond donors (Lipinski definition) is 0. The zero-order chi connectivity index (χ0) is 10.1. The van der Waals surface area contributed by atoms with Crippen LogP contribution < -0.4 is 0 Å². The highest BCUT2D eigenvalue weighted by molar-refractivity contribution is 7.13. The van der Waals surface area contributed by atoms with E-state index in [-0.39, 0.29) is 0 Å². The van der Waals surface area contributed by atoms with E-state index in [0.29, 0.717) is 0 Å². The maximum atomic E-state index is 4.34. The minimum absolute atomic E-state index is 1.03. The molecule has 3 rings (SSSR count). The average molecular weight is 212 g/mol. The molecule has 0 amide bonds. The molecular formula is C12H8N2S. The Kier molecular flexibility index (Phi) is 1.96. The van der Waals surface area contributed by atoms with Crippen LogP contribution in [0.2, 0.25) is 0 Å². The molecular weight excluding hydrogens is 204 g/mol. The molecule has 72 valence electrons. The predicted molar refractivity (Wildman–Crippen MR) is 62.9 cm³/mol. The number of fused-ring (bicyclic) bond motifs is 1. The Morgan fingerprint density at radius 1 is 1.07 bits per heavy atom. The summed E-state index contributed by atoms with van der Waals surface area (Å²) in [5, 5.41) is 1.18. The van der Waals surface area contributed by atoms with Crippen molar-refractivity contribution in [1.29, 1.82) is 0 Å². The van der Waals surface area contributed by atoms with Crippen molar-refractivity contribution < 1.29 is 0 Å². The van der Waals surface area contributed by atoms with Gasteiger partial charge in [-0.1, -0.05) is 18.2 Å². The van der Waals surface area contributed by atoms with Crippen molar-refractivity contribution in [2.75, 3.05) is 0 Å². The zero-order valence-corrected chi connectivity index (χ0v) is 8.74. The van der Waals surface area contributed by atoms with Gasteiger partial charge in [0.05, 0.1) is 15.9 Å². The predicted octanol–water partition coefficient (Wildman–Crippen LogP) is 3.36. The minimum Gasteiger partial charge on any atom is -0.256 e. The second-order valence-electron chi connectivity index (χ2n) is 3.24. The first kappa shape index (κ1) is 8.56.